The third kappa shape index (κ3) is 4.23. The monoisotopic (exact) mass is 286 g/mol. The zero-order valence-electron chi connectivity index (χ0n) is 12.8. The summed E-state index contributed by atoms with van der Waals surface area (Å²) < 4.78 is 11.0. The van der Waals surface area contributed by atoms with Gasteiger partial charge in [-0.25, -0.2) is 0 Å². The van der Waals surface area contributed by atoms with Crippen molar-refractivity contribution in [2.75, 3.05) is 13.7 Å². The van der Waals surface area contributed by atoms with Gasteiger partial charge in [-0.1, -0.05) is 18.2 Å². The standard InChI is InChI=1S/C18H22O3/c1-13-12-16(14(2)19)6-9-18(13)21-11-10-15-4-7-17(20-3)8-5-15/h4-9,12,14,19H,10-11H2,1-3H3/t14-/m0/s1. The molecule has 0 radical (unpaired) electrons. The smallest absolute Gasteiger partial charge is 0.122 e. The number of hydrogen-bond donors (Lipinski definition) is 1. The van der Waals surface area contributed by atoms with E-state index in [1.165, 1.54) is 5.56 Å². The third-order valence-electron chi connectivity index (χ3n) is 3.49. The van der Waals surface area contributed by atoms with Gasteiger partial charge in [-0.3, -0.25) is 0 Å². The van der Waals surface area contributed by atoms with E-state index in [1.54, 1.807) is 14.0 Å². The molecular formula is C18H22O3. The van der Waals surface area contributed by atoms with Gasteiger partial charge in [0, 0.05) is 6.42 Å². The number of aliphatic hydroxyl groups excluding tert-OH is 1. The second-order valence-electron chi connectivity index (χ2n) is 5.15. The van der Waals surface area contributed by atoms with Crippen molar-refractivity contribution in [3.63, 3.8) is 0 Å². The molecule has 3 heteroatoms. The van der Waals surface area contributed by atoms with Crippen LogP contribution in [0.2, 0.25) is 0 Å². The van der Waals surface area contributed by atoms with Crippen LogP contribution in [-0.2, 0) is 6.42 Å². The molecule has 0 aliphatic heterocycles. The maximum Gasteiger partial charge on any atom is 0.122 e. The highest BCUT2D eigenvalue weighted by atomic mass is 16.5. The van der Waals surface area contributed by atoms with Crippen LogP contribution in [0, 0.1) is 6.92 Å². The van der Waals surface area contributed by atoms with Crippen molar-refractivity contribution < 1.29 is 14.6 Å². The zero-order valence-corrected chi connectivity index (χ0v) is 12.8. The summed E-state index contributed by atoms with van der Waals surface area (Å²) in [5.74, 6) is 1.73. The summed E-state index contributed by atoms with van der Waals surface area (Å²) >= 11 is 0. The predicted octanol–water partition coefficient (Wildman–Crippen LogP) is 3.68. The first kappa shape index (κ1) is 15.4. The van der Waals surface area contributed by atoms with Crippen molar-refractivity contribution in [3.05, 3.63) is 59.2 Å². The second kappa shape index (κ2) is 7.14. The van der Waals surface area contributed by atoms with Gasteiger partial charge in [0.15, 0.2) is 0 Å². The normalized spacial score (nSPS) is 12.0. The summed E-state index contributed by atoms with van der Waals surface area (Å²) in [6, 6.07) is 13.8. The third-order valence-corrected chi connectivity index (χ3v) is 3.49. The molecule has 0 saturated heterocycles. The Labute approximate surface area is 126 Å². The quantitative estimate of drug-likeness (QED) is 0.880. The molecular weight excluding hydrogens is 264 g/mol. The second-order valence-corrected chi connectivity index (χ2v) is 5.15. The van der Waals surface area contributed by atoms with E-state index in [-0.39, 0.29) is 0 Å². The maximum absolute atomic E-state index is 9.56. The first-order valence-electron chi connectivity index (χ1n) is 7.14. The van der Waals surface area contributed by atoms with Crippen LogP contribution in [0.3, 0.4) is 0 Å². The lowest BCUT2D eigenvalue weighted by Crippen LogP contribution is -2.03. The molecule has 0 unspecified atom stereocenters. The van der Waals surface area contributed by atoms with E-state index in [0.29, 0.717) is 6.61 Å². The minimum absolute atomic E-state index is 0.447. The van der Waals surface area contributed by atoms with Crippen LogP contribution >= 0.6 is 0 Å². The minimum Gasteiger partial charge on any atom is -0.497 e. The summed E-state index contributed by atoms with van der Waals surface area (Å²) in [4.78, 5) is 0. The van der Waals surface area contributed by atoms with Gasteiger partial charge < -0.3 is 14.6 Å². The molecule has 1 atom stereocenters. The number of methoxy groups -OCH3 is 1. The van der Waals surface area contributed by atoms with Gasteiger partial charge in [-0.15, -0.1) is 0 Å². The van der Waals surface area contributed by atoms with E-state index < -0.39 is 6.10 Å². The molecule has 3 nitrogen and oxygen atoms in total. The number of hydrogen-bond acceptors (Lipinski definition) is 3. The Hall–Kier alpha value is -2.00. The highest BCUT2D eigenvalue weighted by molar-refractivity contribution is 5.37. The van der Waals surface area contributed by atoms with Crippen molar-refractivity contribution >= 4 is 0 Å². The maximum atomic E-state index is 9.56. The Morgan fingerprint density at radius 3 is 2.38 bits per heavy atom. The van der Waals surface area contributed by atoms with Crippen LogP contribution in [0.1, 0.15) is 29.7 Å². The van der Waals surface area contributed by atoms with Crippen molar-refractivity contribution in [1.29, 1.82) is 0 Å². The number of ether oxygens (including phenoxy) is 2. The van der Waals surface area contributed by atoms with E-state index >= 15 is 0 Å². The number of benzene rings is 2. The van der Waals surface area contributed by atoms with Crippen LogP contribution in [-0.4, -0.2) is 18.8 Å². The average molecular weight is 286 g/mol. The number of rotatable bonds is 6. The fraction of sp³-hybridized carbons (Fsp3) is 0.333. The van der Waals surface area contributed by atoms with Crippen LogP contribution in [0.15, 0.2) is 42.5 Å². The molecule has 0 saturated carbocycles. The van der Waals surface area contributed by atoms with Crippen LogP contribution in [0.25, 0.3) is 0 Å². The van der Waals surface area contributed by atoms with Crippen LogP contribution in [0.4, 0.5) is 0 Å². The van der Waals surface area contributed by atoms with E-state index in [9.17, 15) is 5.11 Å². The lowest BCUT2D eigenvalue weighted by Gasteiger charge is -2.12. The van der Waals surface area contributed by atoms with Crippen molar-refractivity contribution in [1.82, 2.24) is 0 Å². The molecule has 0 aliphatic carbocycles. The summed E-state index contributed by atoms with van der Waals surface area (Å²) in [6.45, 7) is 4.38. The van der Waals surface area contributed by atoms with Crippen molar-refractivity contribution in [2.45, 2.75) is 26.4 Å². The van der Waals surface area contributed by atoms with Crippen molar-refractivity contribution in [3.8, 4) is 11.5 Å². The molecule has 0 spiro atoms. The lowest BCUT2D eigenvalue weighted by atomic mass is 10.1. The molecule has 2 rings (SSSR count). The molecule has 0 fully saturated rings. The highest BCUT2D eigenvalue weighted by Crippen LogP contribution is 2.23. The highest BCUT2D eigenvalue weighted by Gasteiger charge is 2.05. The minimum atomic E-state index is -0.447. The fourth-order valence-corrected chi connectivity index (χ4v) is 2.17. The van der Waals surface area contributed by atoms with Gasteiger partial charge in [0.05, 0.1) is 19.8 Å². The molecule has 0 bridgehead atoms. The molecule has 0 aliphatic rings. The molecule has 2 aromatic rings. The first-order chi connectivity index (χ1) is 10.1. The SMILES string of the molecule is COc1ccc(CCOc2ccc([C@H](C)O)cc2C)cc1. The Morgan fingerprint density at radius 1 is 1.10 bits per heavy atom. The summed E-state index contributed by atoms with van der Waals surface area (Å²) in [5.41, 5.74) is 3.17. The van der Waals surface area contributed by atoms with Gasteiger partial charge in [-0.2, -0.15) is 0 Å². The molecule has 21 heavy (non-hydrogen) atoms. The summed E-state index contributed by atoms with van der Waals surface area (Å²) in [7, 11) is 1.66. The predicted molar refractivity (Wildman–Crippen MR) is 84.0 cm³/mol. The van der Waals surface area contributed by atoms with Gasteiger partial charge in [0.1, 0.15) is 11.5 Å². The molecule has 112 valence electrons. The number of aryl methyl sites for hydroxylation is 1. The van der Waals surface area contributed by atoms with Gasteiger partial charge >= 0.3 is 0 Å². The van der Waals surface area contributed by atoms with E-state index in [2.05, 4.69) is 0 Å². The Kier molecular flexibility index (Phi) is 5.23. The van der Waals surface area contributed by atoms with Gasteiger partial charge in [0.25, 0.3) is 0 Å². The molecule has 0 amide bonds. The average Bonchev–Trinajstić information content (AvgIpc) is 2.49. The first-order valence-corrected chi connectivity index (χ1v) is 7.14. The van der Waals surface area contributed by atoms with Crippen molar-refractivity contribution in [2.24, 2.45) is 0 Å². The zero-order chi connectivity index (χ0) is 15.2. The van der Waals surface area contributed by atoms with Gasteiger partial charge in [0.2, 0.25) is 0 Å². The Balaban J connectivity index is 1.90. The largest absolute Gasteiger partial charge is 0.497 e. The van der Waals surface area contributed by atoms with Gasteiger partial charge in [-0.05, 0) is 54.8 Å². The molecule has 2 aromatic carbocycles. The van der Waals surface area contributed by atoms with E-state index in [4.69, 9.17) is 9.47 Å². The molecule has 0 heterocycles. The van der Waals surface area contributed by atoms with Crippen LogP contribution in [0.5, 0.6) is 11.5 Å². The Morgan fingerprint density at radius 2 is 1.81 bits per heavy atom. The topological polar surface area (TPSA) is 38.7 Å². The molecule has 1 N–H and O–H groups in total. The summed E-state index contributed by atoms with van der Waals surface area (Å²) in [6.07, 6.45) is 0.402. The van der Waals surface area contributed by atoms with Crippen LogP contribution < -0.4 is 9.47 Å². The van der Waals surface area contributed by atoms with E-state index in [1.807, 2.05) is 49.4 Å². The fourth-order valence-electron chi connectivity index (χ4n) is 2.17. The molecule has 0 aromatic heterocycles. The number of aliphatic hydroxyl groups is 1. The lowest BCUT2D eigenvalue weighted by molar-refractivity contribution is 0.199. The Bertz CT molecular complexity index is 574. The summed E-state index contributed by atoms with van der Waals surface area (Å²) in [5, 5.41) is 9.56. The van der Waals surface area contributed by atoms with E-state index in [0.717, 1.165) is 29.0 Å².